The van der Waals surface area contributed by atoms with Crippen molar-refractivity contribution < 1.29 is 4.39 Å². The van der Waals surface area contributed by atoms with Crippen LogP contribution in [0.3, 0.4) is 0 Å². The van der Waals surface area contributed by atoms with Crippen molar-refractivity contribution >= 4 is 17.1 Å². The Balaban J connectivity index is 2.41. The molecule has 3 rings (SSSR count). The van der Waals surface area contributed by atoms with Crippen molar-refractivity contribution in [1.82, 2.24) is 19.3 Å². The number of nitrogen functional groups attached to an aromatic ring is 1. The van der Waals surface area contributed by atoms with E-state index in [0.717, 1.165) is 22.4 Å². The third-order valence-electron chi connectivity index (χ3n) is 3.45. The number of hydrogen-bond acceptors (Lipinski definition) is 3. The Morgan fingerprint density at radius 2 is 2.05 bits per heavy atom. The average molecular weight is 273 g/mol. The van der Waals surface area contributed by atoms with Gasteiger partial charge in [0.25, 0.3) is 0 Å². The van der Waals surface area contributed by atoms with Crippen molar-refractivity contribution in [2.24, 2.45) is 0 Å². The van der Waals surface area contributed by atoms with Crippen molar-refractivity contribution in [3.8, 4) is 5.69 Å². The summed E-state index contributed by atoms with van der Waals surface area (Å²) in [4.78, 5) is 4.36. The molecule has 2 aromatic heterocycles. The number of nitrogens with zero attached hydrogens (tertiary/aromatic N) is 4. The molecule has 0 fully saturated rings. The average Bonchev–Trinajstić information content (AvgIpc) is 2.90. The van der Waals surface area contributed by atoms with Gasteiger partial charge in [0.2, 0.25) is 5.95 Å². The molecule has 0 bridgehead atoms. The Bertz CT molecular complexity index is 800. The maximum Gasteiger partial charge on any atom is 0.207 e. The van der Waals surface area contributed by atoms with Gasteiger partial charge >= 0.3 is 0 Å². The molecular weight excluding hydrogens is 257 g/mol. The second kappa shape index (κ2) is 4.33. The molecule has 5 nitrogen and oxygen atoms in total. The fourth-order valence-electron chi connectivity index (χ4n) is 2.47. The molecule has 0 saturated carbocycles. The number of aromatic nitrogens is 4. The van der Waals surface area contributed by atoms with Crippen molar-refractivity contribution in [2.45, 2.75) is 27.3 Å². The summed E-state index contributed by atoms with van der Waals surface area (Å²) in [5.74, 6) is 0.0440. The van der Waals surface area contributed by atoms with Gasteiger partial charge in [-0.2, -0.15) is 5.10 Å². The number of imidazole rings is 1. The highest BCUT2D eigenvalue weighted by molar-refractivity contribution is 5.80. The molecule has 0 aliphatic carbocycles. The molecule has 3 aromatic rings. The second-order valence-electron chi connectivity index (χ2n) is 4.81. The van der Waals surface area contributed by atoms with Gasteiger partial charge < -0.3 is 5.73 Å². The smallest absolute Gasteiger partial charge is 0.207 e. The topological polar surface area (TPSA) is 61.7 Å². The van der Waals surface area contributed by atoms with E-state index in [0.29, 0.717) is 18.2 Å². The molecule has 0 radical (unpaired) electrons. The SMILES string of the molecule is CCn1nc(C)c2nc(N)n(-c3cc(F)ccc3C)c21. The van der Waals surface area contributed by atoms with E-state index in [1.54, 1.807) is 10.6 Å². The minimum Gasteiger partial charge on any atom is -0.369 e. The van der Waals surface area contributed by atoms with Crippen molar-refractivity contribution in [3.63, 3.8) is 0 Å². The predicted molar refractivity (Wildman–Crippen MR) is 76.4 cm³/mol. The first-order valence-electron chi connectivity index (χ1n) is 6.50. The van der Waals surface area contributed by atoms with E-state index in [9.17, 15) is 4.39 Å². The van der Waals surface area contributed by atoms with Crippen LogP contribution in [-0.4, -0.2) is 19.3 Å². The first-order chi connectivity index (χ1) is 9.52. The Hall–Kier alpha value is -2.37. The normalized spacial score (nSPS) is 11.4. The standard InChI is InChI=1S/C14H16FN5/c1-4-19-13-12(9(3)18-19)17-14(16)20(13)11-7-10(15)6-5-8(11)2/h5-7H,4H2,1-3H3,(H2,16,17). The summed E-state index contributed by atoms with van der Waals surface area (Å²) in [6.45, 7) is 6.50. The highest BCUT2D eigenvalue weighted by Crippen LogP contribution is 2.27. The third-order valence-corrected chi connectivity index (χ3v) is 3.45. The second-order valence-corrected chi connectivity index (χ2v) is 4.81. The van der Waals surface area contributed by atoms with E-state index >= 15 is 0 Å². The fourth-order valence-corrected chi connectivity index (χ4v) is 2.47. The molecule has 0 amide bonds. The number of aryl methyl sites for hydroxylation is 3. The third kappa shape index (κ3) is 1.68. The summed E-state index contributed by atoms with van der Waals surface area (Å²) in [7, 11) is 0. The number of nitrogens with two attached hydrogens (primary N) is 1. The van der Waals surface area contributed by atoms with E-state index in [4.69, 9.17) is 5.73 Å². The molecule has 6 heteroatoms. The molecule has 0 saturated heterocycles. The van der Waals surface area contributed by atoms with Crippen LogP contribution in [-0.2, 0) is 6.54 Å². The predicted octanol–water partition coefficient (Wildman–Crippen LogP) is 2.58. The van der Waals surface area contributed by atoms with Crippen LogP contribution < -0.4 is 5.73 Å². The molecule has 20 heavy (non-hydrogen) atoms. The van der Waals surface area contributed by atoms with Crippen LogP contribution in [0.1, 0.15) is 18.2 Å². The quantitative estimate of drug-likeness (QED) is 0.780. The molecule has 0 aliphatic heterocycles. The first kappa shape index (κ1) is 12.7. The lowest BCUT2D eigenvalue weighted by atomic mass is 10.2. The monoisotopic (exact) mass is 273 g/mol. The molecule has 104 valence electrons. The largest absolute Gasteiger partial charge is 0.369 e. The Kier molecular flexibility index (Phi) is 2.74. The number of rotatable bonds is 2. The number of anilines is 1. The summed E-state index contributed by atoms with van der Waals surface area (Å²) in [6, 6.07) is 4.64. The van der Waals surface area contributed by atoms with E-state index in [2.05, 4.69) is 10.1 Å². The summed E-state index contributed by atoms with van der Waals surface area (Å²) in [6.07, 6.45) is 0. The van der Waals surface area contributed by atoms with Crippen molar-refractivity contribution in [3.05, 3.63) is 35.3 Å². The maximum atomic E-state index is 13.6. The molecule has 1 aromatic carbocycles. The van der Waals surface area contributed by atoms with Gasteiger partial charge in [-0.1, -0.05) is 6.07 Å². The van der Waals surface area contributed by atoms with E-state index in [-0.39, 0.29) is 5.82 Å². The minimum absolute atomic E-state index is 0.300. The Morgan fingerprint density at radius 3 is 2.75 bits per heavy atom. The van der Waals surface area contributed by atoms with Crippen LogP contribution in [0.4, 0.5) is 10.3 Å². The fraction of sp³-hybridized carbons (Fsp3) is 0.286. The minimum atomic E-state index is -0.300. The van der Waals surface area contributed by atoms with Gasteiger partial charge in [0.15, 0.2) is 5.65 Å². The van der Waals surface area contributed by atoms with Crippen molar-refractivity contribution in [1.29, 1.82) is 0 Å². The zero-order valence-electron chi connectivity index (χ0n) is 11.7. The zero-order valence-corrected chi connectivity index (χ0v) is 11.7. The van der Waals surface area contributed by atoms with Crippen LogP contribution in [0.5, 0.6) is 0 Å². The van der Waals surface area contributed by atoms with E-state index in [1.165, 1.54) is 12.1 Å². The lowest BCUT2D eigenvalue weighted by Gasteiger charge is -2.11. The highest BCUT2D eigenvalue weighted by Gasteiger charge is 2.19. The van der Waals surface area contributed by atoms with Gasteiger partial charge in [0.05, 0.1) is 11.4 Å². The van der Waals surface area contributed by atoms with Gasteiger partial charge in [-0.05, 0) is 38.5 Å². The first-order valence-corrected chi connectivity index (χ1v) is 6.50. The summed E-state index contributed by atoms with van der Waals surface area (Å²) >= 11 is 0. The van der Waals surface area contributed by atoms with E-state index in [1.807, 2.05) is 25.5 Å². The number of halogens is 1. The summed E-state index contributed by atoms with van der Waals surface area (Å²) < 4.78 is 17.2. The molecule has 2 N–H and O–H groups in total. The zero-order chi connectivity index (χ0) is 14.4. The molecule has 0 spiro atoms. The lowest BCUT2D eigenvalue weighted by Crippen LogP contribution is -2.08. The Morgan fingerprint density at radius 1 is 1.30 bits per heavy atom. The number of fused-ring (bicyclic) bond motifs is 1. The van der Waals surface area contributed by atoms with Crippen LogP contribution in [0.2, 0.25) is 0 Å². The molecular formula is C14H16FN5. The molecule has 0 unspecified atom stereocenters. The van der Waals surface area contributed by atoms with Crippen LogP contribution in [0.15, 0.2) is 18.2 Å². The summed E-state index contributed by atoms with van der Waals surface area (Å²) in [5.41, 5.74) is 10.0. The Labute approximate surface area is 115 Å². The molecule has 2 heterocycles. The maximum absolute atomic E-state index is 13.6. The van der Waals surface area contributed by atoms with E-state index < -0.39 is 0 Å². The van der Waals surface area contributed by atoms with Gasteiger partial charge in [-0.3, -0.25) is 4.57 Å². The van der Waals surface area contributed by atoms with Gasteiger partial charge in [0.1, 0.15) is 11.3 Å². The molecule has 0 atom stereocenters. The lowest BCUT2D eigenvalue weighted by molar-refractivity contribution is 0.625. The molecule has 0 aliphatic rings. The van der Waals surface area contributed by atoms with Gasteiger partial charge in [-0.15, -0.1) is 0 Å². The number of hydrogen-bond donors (Lipinski definition) is 1. The highest BCUT2D eigenvalue weighted by atomic mass is 19.1. The van der Waals surface area contributed by atoms with Gasteiger partial charge in [0, 0.05) is 6.54 Å². The van der Waals surface area contributed by atoms with Crippen LogP contribution in [0, 0.1) is 19.7 Å². The van der Waals surface area contributed by atoms with Crippen molar-refractivity contribution in [2.75, 3.05) is 5.73 Å². The van der Waals surface area contributed by atoms with Crippen LogP contribution >= 0.6 is 0 Å². The van der Waals surface area contributed by atoms with Crippen LogP contribution in [0.25, 0.3) is 16.9 Å². The number of benzene rings is 1. The summed E-state index contributed by atoms with van der Waals surface area (Å²) in [5, 5.41) is 4.43. The van der Waals surface area contributed by atoms with Gasteiger partial charge in [-0.25, -0.2) is 14.1 Å².